The summed E-state index contributed by atoms with van der Waals surface area (Å²) in [6, 6.07) is 2.05. The van der Waals surface area contributed by atoms with Gasteiger partial charge in [-0.05, 0) is 29.3 Å². The molecular weight excluding hydrogens is 198 g/mol. The quantitative estimate of drug-likeness (QED) is 0.577. The molecule has 0 aromatic carbocycles. The van der Waals surface area contributed by atoms with E-state index in [0.29, 0.717) is 12.1 Å². The molecule has 2 N–H and O–H groups in total. The van der Waals surface area contributed by atoms with Crippen LogP contribution in [-0.2, 0) is 11.3 Å². The maximum absolute atomic E-state index is 10.4. The van der Waals surface area contributed by atoms with Crippen molar-refractivity contribution in [3.05, 3.63) is 34.0 Å². The Labute approximate surface area is 87.1 Å². The first-order valence-corrected chi connectivity index (χ1v) is 5.26. The smallest absolute Gasteiger partial charge is 0.330 e. The normalized spacial score (nSPS) is 11.6. The van der Waals surface area contributed by atoms with Gasteiger partial charge >= 0.3 is 5.97 Å². The summed E-state index contributed by atoms with van der Waals surface area (Å²) in [6.07, 6.45) is 1.68. The van der Waals surface area contributed by atoms with E-state index in [0.717, 1.165) is 6.54 Å². The fourth-order valence-electron chi connectivity index (χ4n) is 0.922. The fraction of sp³-hybridized carbons (Fsp3) is 0.300. The second-order valence-electron chi connectivity index (χ2n) is 2.95. The van der Waals surface area contributed by atoms with Gasteiger partial charge in [-0.15, -0.1) is 0 Å². The van der Waals surface area contributed by atoms with Crippen molar-refractivity contribution >= 4 is 17.3 Å². The highest BCUT2D eigenvalue weighted by atomic mass is 32.1. The molecular formula is C10H13NO2S. The van der Waals surface area contributed by atoms with Crippen molar-refractivity contribution in [1.82, 2.24) is 5.32 Å². The highest BCUT2D eigenvalue weighted by Crippen LogP contribution is 2.04. The predicted octanol–water partition coefficient (Wildman–Crippen LogP) is 1.87. The molecule has 0 fully saturated rings. The summed E-state index contributed by atoms with van der Waals surface area (Å²) in [7, 11) is 0. The van der Waals surface area contributed by atoms with Crippen LogP contribution in [0, 0.1) is 0 Å². The lowest BCUT2D eigenvalue weighted by molar-refractivity contribution is -0.132. The molecule has 0 spiro atoms. The molecule has 4 heteroatoms. The van der Waals surface area contributed by atoms with Gasteiger partial charge in [0.1, 0.15) is 0 Å². The first kappa shape index (κ1) is 10.9. The Morgan fingerprint density at radius 2 is 2.50 bits per heavy atom. The van der Waals surface area contributed by atoms with Crippen LogP contribution in [0.15, 0.2) is 28.5 Å². The molecule has 0 saturated carbocycles. The van der Waals surface area contributed by atoms with Crippen LogP contribution in [0.1, 0.15) is 12.5 Å². The van der Waals surface area contributed by atoms with Crippen LogP contribution in [0.4, 0.5) is 0 Å². The Bertz CT molecular complexity index is 317. The first-order valence-electron chi connectivity index (χ1n) is 4.32. The summed E-state index contributed by atoms with van der Waals surface area (Å²) in [5, 5.41) is 15.8. The molecule has 0 radical (unpaired) electrons. The lowest BCUT2D eigenvalue weighted by atomic mass is 10.3. The zero-order valence-corrected chi connectivity index (χ0v) is 8.80. The minimum atomic E-state index is -0.859. The number of aliphatic carboxylic acids is 1. The summed E-state index contributed by atoms with van der Waals surface area (Å²) in [5.41, 5.74) is 1.61. The van der Waals surface area contributed by atoms with E-state index in [1.54, 1.807) is 24.3 Å². The van der Waals surface area contributed by atoms with Gasteiger partial charge in [0.05, 0.1) is 0 Å². The zero-order chi connectivity index (χ0) is 10.4. The second kappa shape index (κ2) is 5.57. The number of hydrogen-bond acceptors (Lipinski definition) is 3. The monoisotopic (exact) mass is 211 g/mol. The van der Waals surface area contributed by atoms with Gasteiger partial charge in [-0.2, -0.15) is 11.3 Å². The number of carboxylic acids is 1. The summed E-state index contributed by atoms with van der Waals surface area (Å²) in [6.45, 7) is 2.97. The molecule has 1 rings (SSSR count). The molecule has 0 saturated heterocycles. The van der Waals surface area contributed by atoms with Crippen molar-refractivity contribution in [2.45, 2.75) is 13.5 Å². The van der Waals surface area contributed by atoms with Gasteiger partial charge in [-0.1, -0.05) is 6.08 Å². The van der Waals surface area contributed by atoms with Gasteiger partial charge in [-0.3, -0.25) is 0 Å². The molecule has 0 aliphatic carbocycles. The van der Waals surface area contributed by atoms with Crippen molar-refractivity contribution in [2.75, 3.05) is 6.54 Å². The number of thiophene rings is 1. The van der Waals surface area contributed by atoms with Crippen molar-refractivity contribution in [3.8, 4) is 0 Å². The van der Waals surface area contributed by atoms with E-state index < -0.39 is 5.97 Å². The van der Waals surface area contributed by atoms with E-state index >= 15 is 0 Å². The van der Waals surface area contributed by atoms with E-state index in [1.165, 1.54) is 5.56 Å². The van der Waals surface area contributed by atoms with Crippen LogP contribution in [0.25, 0.3) is 0 Å². The molecule has 0 bridgehead atoms. The Morgan fingerprint density at radius 3 is 3.07 bits per heavy atom. The highest BCUT2D eigenvalue weighted by molar-refractivity contribution is 7.07. The van der Waals surface area contributed by atoms with Crippen molar-refractivity contribution in [2.24, 2.45) is 0 Å². The average molecular weight is 211 g/mol. The van der Waals surface area contributed by atoms with Crippen molar-refractivity contribution in [3.63, 3.8) is 0 Å². The van der Waals surface area contributed by atoms with Crippen molar-refractivity contribution < 1.29 is 9.90 Å². The maximum atomic E-state index is 10.4. The minimum Gasteiger partial charge on any atom is -0.478 e. The van der Waals surface area contributed by atoms with Gasteiger partial charge in [-0.25, -0.2) is 4.79 Å². The van der Waals surface area contributed by atoms with Crippen LogP contribution in [-0.4, -0.2) is 17.6 Å². The Hall–Kier alpha value is -1.13. The fourth-order valence-corrected chi connectivity index (χ4v) is 1.59. The standard InChI is InChI=1S/C10H13NO2S/c1-8(10(12)13)2-4-11-6-9-3-5-14-7-9/h2-3,5,7,11H,4,6H2,1H3,(H,12,13)/b8-2-. The number of hydrogen-bond donors (Lipinski definition) is 2. The molecule has 3 nitrogen and oxygen atoms in total. The molecule has 0 unspecified atom stereocenters. The molecule has 0 amide bonds. The van der Waals surface area contributed by atoms with E-state index in [2.05, 4.69) is 10.7 Å². The second-order valence-corrected chi connectivity index (χ2v) is 3.73. The van der Waals surface area contributed by atoms with Crippen LogP contribution >= 0.6 is 11.3 Å². The number of rotatable bonds is 5. The Balaban J connectivity index is 2.23. The average Bonchev–Trinajstić information content (AvgIpc) is 2.64. The van der Waals surface area contributed by atoms with Gasteiger partial charge in [0.15, 0.2) is 0 Å². The van der Waals surface area contributed by atoms with E-state index in [-0.39, 0.29) is 0 Å². The topological polar surface area (TPSA) is 49.3 Å². The molecule has 1 heterocycles. The molecule has 1 aromatic rings. The van der Waals surface area contributed by atoms with Crippen LogP contribution in [0.3, 0.4) is 0 Å². The third kappa shape index (κ3) is 3.72. The predicted molar refractivity (Wildman–Crippen MR) is 57.4 cm³/mol. The number of carboxylic acid groups (broad SMARTS) is 1. The summed E-state index contributed by atoms with van der Waals surface area (Å²) < 4.78 is 0. The molecule has 76 valence electrons. The molecule has 1 aromatic heterocycles. The van der Waals surface area contributed by atoms with Crippen LogP contribution in [0.2, 0.25) is 0 Å². The number of carbonyl (C=O) groups is 1. The maximum Gasteiger partial charge on any atom is 0.330 e. The molecule has 0 aliphatic heterocycles. The van der Waals surface area contributed by atoms with Crippen LogP contribution < -0.4 is 5.32 Å². The first-order chi connectivity index (χ1) is 6.70. The van der Waals surface area contributed by atoms with Gasteiger partial charge in [0.2, 0.25) is 0 Å². The third-order valence-electron chi connectivity index (χ3n) is 1.80. The minimum absolute atomic E-state index is 0.378. The zero-order valence-electron chi connectivity index (χ0n) is 7.99. The van der Waals surface area contributed by atoms with Gasteiger partial charge < -0.3 is 10.4 Å². The molecule has 14 heavy (non-hydrogen) atoms. The Kier molecular flexibility index (Phi) is 4.35. The summed E-state index contributed by atoms with van der Waals surface area (Å²) >= 11 is 1.66. The third-order valence-corrected chi connectivity index (χ3v) is 2.53. The lowest BCUT2D eigenvalue weighted by Gasteiger charge is -1.99. The molecule has 0 aliphatic rings. The summed E-state index contributed by atoms with van der Waals surface area (Å²) in [4.78, 5) is 10.4. The largest absolute Gasteiger partial charge is 0.478 e. The van der Waals surface area contributed by atoms with Crippen molar-refractivity contribution in [1.29, 1.82) is 0 Å². The summed E-state index contributed by atoms with van der Waals surface area (Å²) in [5.74, 6) is -0.859. The van der Waals surface area contributed by atoms with Gasteiger partial charge in [0, 0.05) is 18.7 Å². The van der Waals surface area contributed by atoms with Crippen LogP contribution in [0.5, 0.6) is 0 Å². The lowest BCUT2D eigenvalue weighted by Crippen LogP contribution is -2.13. The SMILES string of the molecule is C/C(=C/CNCc1ccsc1)C(=O)O. The highest BCUT2D eigenvalue weighted by Gasteiger charge is 1.97. The van der Waals surface area contributed by atoms with E-state index in [9.17, 15) is 4.79 Å². The van der Waals surface area contributed by atoms with E-state index in [1.807, 2.05) is 11.4 Å². The Morgan fingerprint density at radius 1 is 1.71 bits per heavy atom. The van der Waals surface area contributed by atoms with Gasteiger partial charge in [0.25, 0.3) is 0 Å². The van der Waals surface area contributed by atoms with E-state index in [4.69, 9.17) is 5.11 Å². The number of nitrogens with one attached hydrogen (secondary N) is 1. The molecule has 0 atom stereocenters.